The van der Waals surface area contributed by atoms with E-state index in [1.165, 1.54) is 12.8 Å². The number of halogens is 2. The Hall–Kier alpha value is -0.0900. The molecule has 2 rings (SSSR count). The van der Waals surface area contributed by atoms with Gasteiger partial charge in [-0.15, -0.1) is 0 Å². The van der Waals surface area contributed by atoms with E-state index in [0.717, 1.165) is 40.9 Å². The van der Waals surface area contributed by atoms with Crippen molar-refractivity contribution in [1.82, 2.24) is 0 Å². The fraction of sp³-hybridized carbons (Fsp3) is 0.571. The molecule has 2 unspecified atom stereocenters. The summed E-state index contributed by atoms with van der Waals surface area (Å²) in [7, 11) is 0. The van der Waals surface area contributed by atoms with Crippen LogP contribution in [0.1, 0.15) is 43.7 Å². The molecule has 0 amide bonds. The molecular formula is C14H19BrClNO. The van der Waals surface area contributed by atoms with Crippen molar-refractivity contribution in [2.75, 3.05) is 6.61 Å². The zero-order valence-corrected chi connectivity index (χ0v) is 12.7. The Balaban J connectivity index is 1.81. The van der Waals surface area contributed by atoms with Crippen LogP contribution in [-0.2, 0) is 4.74 Å². The maximum absolute atomic E-state index is 6.22. The molecule has 1 aromatic rings. The van der Waals surface area contributed by atoms with Crippen LogP contribution in [0.15, 0.2) is 22.7 Å². The fourth-order valence-electron chi connectivity index (χ4n) is 2.40. The SMILES string of the molecule is NC(CCCC1CCCO1)c1ccc(Cl)cc1Br. The van der Waals surface area contributed by atoms with Crippen molar-refractivity contribution in [2.45, 2.75) is 44.2 Å². The average Bonchev–Trinajstić information content (AvgIpc) is 2.81. The van der Waals surface area contributed by atoms with Crippen LogP contribution in [0.4, 0.5) is 0 Å². The molecule has 0 spiro atoms. The van der Waals surface area contributed by atoms with E-state index >= 15 is 0 Å². The fourth-order valence-corrected chi connectivity index (χ4v) is 3.37. The van der Waals surface area contributed by atoms with Gasteiger partial charge in [0.15, 0.2) is 0 Å². The molecule has 100 valence electrons. The molecule has 2 N–H and O–H groups in total. The minimum atomic E-state index is 0.0676. The molecule has 0 radical (unpaired) electrons. The molecule has 1 saturated heterocycles. The Morgan fingerprint density at radius 1 is 1.50 bits per heavy atom. The van der Waals surface area contributed by atoms with E-state index in [4.69, 9.17) is 22.1 Å². The Morgan fingerprint density at radius 3 is 3.00 bits per heavy atom. The molecule has 2 nitrogen and oxygen atoms in total. The summed E-state index contributed by atoms with van der Waals surface area (Å²) in [4.78, 5) is 0. The normalized spacial score (nSPS) is 21.2. The summed E-state index contributed by atoms with van der Waals surface area (Å²) in [6.07, 6.45) is 6.10. The second kappa shape index (κ2) is 6.90. The topological polar surface area (TPSA) is 35.2 Å². The van der Waals surface area contributed by atoms with E-state index in [-0.39, 0.29) is 6.04 Å². The van der Waals surface area contributed by atoms with Gasteiger partial charge < -0.3 is 10.5 Å². The van der Waals surface area contributed by atoms with E-state index in [0.29, 0.717) is 6.10 Å². The Morgan fingerprint density at radius 2 is 2.33 bits per heavy atom. The molecule has 2 atom stereocenters. The van der Waals surface area contributed by atoms with Gasteiger partial charge in [0.25, 0.3) is 0 Å². The van der Waals surface area contributed by atoms with Gasteiger partial charge in [0.1, 0.15) is 0 Å². The maximum atomic E-state index is 6.22. The van der Waals surface area contributed by atoms with Crippen LogP contribution in [0.25, 0.3) is 0 Å². The highest BCUT2D eigenvalue weighted by Gasteiger charge is 2.16. The summed E-state index contributed by atoms with van der Waals surface area (Å²) in [6, 6.07) is 5.86. The van der Waals surface area contributed by atoms with Crippen molar-refractivity contribution >= 4 is 27.5 Å². The van der Waals surface area contributed by atoms with Crippen LogP contribution < -0.4 is 5.73 Å². The average molecular weight is 333 g/mol. The third kappa shape index (κ3) is 3.95. The predicted octanol–water partition coefficient (Wildman–Crippen LogP) is 4.45. The van der Waals surface area contributed by atoms with E-state index in [1.54, 1.807) is 0 Å². The highest BCUT2D eigenvalue weighted by Crippen LogP contribution is 2.28. The van der Waals surface area contributed by atoms with E-state index in [9.17, 15) is 0 Å². The van der Waals surface area contributed by atoms with Gasteiger partial charge in [-0.3, -0.25) is 0 Å². The van der Waals surface area contributed by atoms with E-state index in [2.05, 4.69) is 15.9 Å². The van der Waals surface area contributed by atoms with Gasteiger partial charge in [-0.25, -0.2) is 0 Å². The highest BCUT2D eigenvalue weighted by molar-refractivity contribution is 9.10. The van der Waals surface area contributed by atoms with Crippen LogP contribution >= 0.6 is 27.5 Å². The van der Waals surface area contributed by atoms with E-state index in [1.807, 2.05) is 18.2 Å². The second-order valence-electron chi connectivity index (χ2n) is 4.84. The molecule has 0 aliphatic carbocycles. The standard InChI is InChI=1S/C14H19BrClNO/c15-13-9-10(16)6-7-12(13)14(17)5-1-3-11-4-2-8-18-11/h6-7,9,11,14H,1-5,8,17H2. The number of hydrogen-bond acceptors (Lipinski definition) is 2. The van der Waals surface area contributed by atoms with Crippen molar-refractivity contribution in [1.29, 1.82) is 0 Å². The monoisotopic (exact) mass is 331 g/mol. The summed E-state index contributed by atoms with van der Waals surface area (Å²) in [6.45, 7) is 0.930. The van der Waals surface area contributed by atoms with Gasteiger partial charge in [-0.2, -0.15) is 0 Å². The summed E-state index contributed by atoms with van der Waals surface area (Å²) >= 11 is 9.44. The lowest BCUT2D eigenvalue weighted by molar-refractivity contribution is 0.101. The smallest absolute Gasteiger partial charge is 0.0576 e. The summed E-state index contributed by atoms with van der Waals surface area (Å²) in [5, 5.41) is 0.734. The van der Waals surface area contributed by atoms with Gasteiger partial charge in [-0.1, -0.05) is 33.6 Å². The summed E-state index contributed by atoms with van der Waals surface area (Å²) in [5.41, 5.74) is 7.35. The molecule has 18 heavy (non-hydrogen) atoms. The zero-order valence-electron chi connectivity index (χ0n) is 10.4. The van der Waals surface area contributed by atoms with Gasteiger partial charge in [0.05, 0.1) is 6.10 Å². The Labute approximate surface area is 122 Å². The molecule has 1 aliphatic heterocycles. The third-order valence-corrected chi connectivity index (χ3v) is 4.35. The molecule has 1 aromatic carbocycles. The van der Waals surface area contributed by atoms with Crippen molar-refractivity contribution in [3.05, 3.63) is 33.3 Å². The third-order valence-electron chi connectivity index (χ3n) is 3.43. The van der Waals surface area contributed by atoms with E-state index < -0.39 is 0 Å². The van der Waals surface area contributed by atoms with Crippen molar-refractivity contribution in [2.24, 2.45) is 5.73 Å². The number of hydrogen-bond donors (Lipinski definition) is 1. The van der Waals surface area contributed by atoms with Crippen LogP contribution in [-0.4, -0.2) is 12.7 Å². The number of rotatable bonds is 5. The number of benzene rings is 1. The largest absolute Gasteiger partial charge is 0.378 e. The molecule has 1 aliphatic rings. The quantitative estimate of drug-likeness (QED) is 0.864. The van der Waals surface area contributed by atoms with Crippen LogP contribution in [0.5, 0.6) is 0 Å². The molecule has 1 fully saturated rings. The first-order valence-corrected chi connectivity index (χ1v) is 7.66. The number of nitrogens with two attached hydrogens (primary N) is 1. The molecular weight excluding hydrogens is 314 g/mol. The minimum Gasteiger partial charge on any atom is -0.378 e. The molecule has 0 saturated carbocycles. The molecule has 0 bridgehead atoms. The highest BCUT2D eigenvalue weighted by atomic mass is 79.9. The first-order chi connectivity index (χ1) is 8.66. The second-order valence-corrected chi connectivity index (χ2v) is 6.13. The van der Waals surface area contributed by atoms with Gasteiger partial charge in [0.2, 0.25) is 0 Å². The van der Waals surface area contributed by atoms with Gasteiger partial charge in [-0.05, 0) is 49.8 Å². The minimum absolute atomic E-state index is 0.0676. The lowest BCUT2D eigenvalue weighted by Crippen LogP contribution is -2.12. The molecule has 1 heterocycles. The lowest BCUT2D eigenvalue weighted by atomic mass is 10.00. The summed E-state index contributed by atoms with van der Waals surface area (Å²) < 4.78 is 6.61. The van der Waals surface area contributed by atoms with Crippen molar-refractivity contribution in [3.8, 4) is 0 Å². The lowest BCUT2D eigenvalue weighted by Gasteiger charge is -2.15. The van der Waals surface area contributed by atoms with Gasteiger partial charge in [0, 0.05) is 22.1 Å². The Kier molecular flexibility index (Phi) is 5.49. The first-order valence-electron chi connectivity index (χ1n) is 6.49. The Bertz CT molecular complexity index is 393. The van der Waals surface area contributed by atoms with Crippen LogP contribution in [0.2, 0.25) is 5.02 Å². The predicted molar refractivity (Wildman–Crippen MR) is 78.9 cm³/mol. The molecule has 0 aromatic heterocycles. The van der Waals surface area contributed by atoms with Crippen LogP contribution in [0, 0.1) is 0 Å². The molecule has 4 heteroatoms. The summed E-state index contributed by atoms with van der Waals surface area (Å²) in [5.74, 6) is 0. The zero-order chi connectivity index (χ0) is 13.0. The first kappa shape index (κ1) is 14.3. The van der Waals surface area contributed by atoms with Crippen molar-refractivity contribution in [3.63, 3.8) is 0 Å². The van der Waals surface area contributed by atoms with Gasteiger partial charge >= 0.3 is 0 Å². The maximum Gasteiger partial charge on any atom is 0.0576 e. The van der Waals surface area contributed by atoms with Crippen molar-refractivity contribution < 1.29 is 4.74 Å². The van der Waals surface area contributed by atoms with Crippen LogP contribution in [0.3, 0.4) is 0 Å². The number of ether oxygens (including phenoxy) is 1.